The van der Waals surface area contributed by atoms with Crippen molar-refractivity contribution in [2.75, 3.05) is 36.6 Å². The second kappa shape index (κ2) is 15.4. The van der Waals surface area contributed by atoms with Gasteiger partial charge in [-0.1, -0.05) is 25.1 Å². The summed E-state index contributed by atoms with van der Waals surface area (Å²) >= 11 is 0. The van der Waals surface area contributed by atoms with Crippen molar-refractivity contribution in [2.45, 2.75) is 52.3 Å². The molecule has 13 heteroatoms. The number of hydrogen-bond donors (Lipinski definition) is 5. The van der Waals surface area contributed by atoms with Gasteiger partial charge in [-0.15, -0.1) is 0 Å². The number of hydrogen-bond acceptors (Lipinski definition) is 9. The number of nitrogens with one attached hydrogen (secondary N) is 2. The number of aryl methyl sites for hydroxylation is 1. The number of carboxylic acid groups (broad SMARTS) is 1. The molecule has 6 rings (SSSR count). The molecule has 0 unspecified atom stereocenters. The summed E-state index contributed by atoms with van der Waals surface area (Å²) in [6.45, 7) is 6.27. The lowest BCUT2D eigenvalue weighted by Crippen LogP contribution is -2.35. The Morgan fingerprint density at radius 2 is 1.94 bits per heavy atom. The maximum atomic E-state index is 15.4. The molecule has 0 saturated carbocycles. The zero-order chi connectivity index (χ0) is 35.1. The molecular weight excluding hydrogens is 621 g/mol. The van der Waals surface area contributed by atoms with E-state index in [1.807, 2.05) is 56.3 Å². The first-order valence-corrected chi connectivity index (χ1v) is 15.3. The standard InChI is InChI=1S/C33H36FN5O5.C2H4O2/c1-18-11-22-5-7-26(18)19(2)17-43-33(42)38-25-13-23(30(28(34)14-25)44-20(3)16-40)15-39(4)32(41)29(22)37-24-6-8-27-21(12-24)9-10-36-31(27)35;1-2(3)4/h5-14,19-20,29,37,40H,15-17H2,1-4H3,(H2,35,36)(H,38,42);1H3,(H,3,4)/t19-,20-,29+;/m0./s1. The zero-order valence-corrected chi connectivity index (χ0v) is 27.4. The van der Waals surface area contributed by atoms with E-state index < -0.39 is 30.0 Å². The third kappa shape index (κ3) is 8.68. The Kier molecular flexibility index (Phi) is 11.4. The Labute approximate surface area is 277 Å². The van der Waals surface area contributed by atoms with Gasteiger partial charge in [0.2, 0.25) is 5.91 Å². The van der Waals surface area contributed by atoms with Crippen LogP contribution in [0.1, 0.15) is 55.0 Å². The lowest BCUT2D eigenvalue weighted by atomic mass is 9.93. The number of nitrogen functional groups attached to an aromatic ring is 1. The van der Waals surface area contributed by atoms with E-state index in [0.29, 0.717) is 17.1 Å². The fraction of sp³-hybridized carbons (Fsp3) is 0.314. The van der Waals surface area contributed by atoms with Crippen LogP contribution in [0, 0.1) is 12.7 Å². The number of fused-ring (bicyclic) bond motifs is 10. The highest BCUT2D eigenvalue weighted by Crippen LogP contribution is 2.33. The number of nitrogens with two attached hydrogens (primary N) is 1. The van der Waals surface area contributed by atoms with Gasteiger partial charge in [0, 0.05) is 61.0 Å². The number of aliphatic hydroxyl groups excluding tert-OH is 1. The number of carbonyl (C=O) groups is 3. The Balaban J connectivity index is 0.00000123. The van der Waals surface area contributed by atoms with Gasteiger partial charge >= 0.3 is 6.09 Å². The molecule has 3 heterocycles. The number of aliphatic hydroxyl groups is 1. The number of aromatic nitrogens is 1. The van der Waals surface area contributed by atoms with Gasteiger partial charge in [-0.05, 0) is 66.3 Å². The number of ether oxygens (including phenoxy) is 2. The first kappa shape index (κ1) is 35.4. The number of anilines is 3. The van der Waals surface area contributed by atoms with Crippen LogP contribution in [0.5, 0.6) is 5.75 Å². The predicted octanol–water partition coefficient (Wildman–Crippen LogP) is 5.59. The number of nitrogens with zero attached hydrogens (tertiary/aromatic N) is 2. The van der Waals surface area contributed by atoms with E-state index in [2.05, 4.69) is 15.6 Å². The van der Waals surface area contributed by atoms with Gasteiger partial charge in [0.15, 0.2) is 11.6 Å². The van der Waals surface area contributed by atoms with E-state index in [1.54, 1.807) is 20.2 Å². The van der Waals surface area contributed by atoms with Crippen LogP contribution in [0.2, 0.25) is 0 Å². The smallest absolute Gasteiger partial charge is 0.411 e. The molecule has 48 heavy (non-hydrogen) atoms. The average molecular weight is 662 g/mol. The molecule has 0 saturated heterocycles. The first-order valence-electron chi connectivity index (χ1n) is 15.3. The topological polar surface area (TPSA) is 176 Å². The lowest BCUT2D eigenvalue weighted by molar-refractivity contribution is -0.134. The Hall–Kier alpha value is -5.43. The fourth-order valence-corrected chi connectivity index (χ4v) is 5.39. The largest absolute Gasteiger partial charge is 0.485 e. The van der Waals surface area contributed by atoms with Crippen LogP contribution in [0.3, 0.4) is 0 Å². The molecule has 0 aliphatic carbocycles. The molecule has 6 N–H and O–H groups in total. The number of benzene rings is 3. The Morgan fingerprint density at radius 3 is 2.62 bits per heavy atom. The number of amides is 2. The minimum Gasteiger partial charge on any atom is -0.485 e. The molecule has 2 aliphatic rings. The van der Waals surface area contributed by atoms with Crippen LogP contribution < -0.4 is 21.1 Å². The van der Waals surface area contributed by atoms with Crippen molar-refractivity contribution in [3.63, 3.8) is 0 Å². The van der Waals surface area contributed by atoms with Crippen LogP contribution in [-0.2, 0) is 20.9 Å². The predicted molar refractivity (Wildman–Crippen MR) is 180 cm³/mol. The van der Waals surface area contributed by atoms with Crippen LogP contribution >= 0.6 is 0 Å². The molecule has 2 aliphatic heterocycles. The van der Waals surface area contributed by atoms with Gasteiger partial charge in [0.1, 0.15) is 18.0 Å². The summed E-state index contributed by atoms with van der Waals surface area (Å²) in [5.41, 5.74) is 9.82. The maximum absolute atomic E-state index is 15.4. The van der Waals surface area contributed by atoms with Crippen LogP contribution in [0.15, 0.2) is 60.8 Å². The number of pyridine rings is 1. The highest BCUT2D eigenvalue weighted by molar-refractivity contribution is 5.94. The van der Waals surface area contributed by atoms with Crippen molar-refractivity contribution >= 4 is 45.9 Å². The Morgan fingerprint density at radius 1 is 1.21 bits per heavy atom. The molecule has 0 radical (unpaired) electrons. The van der Waals surface area contributed by atoms with Crippen molar-refractivity contribution in [2.24, 2.45) is 0 Å². The molecule has 2 amide bonds. The van der Waals surface area contributed by atoms with Crippen LogP contribution in [0.25, 0.3) is 10.8 Å². The maximum Gasteiger partial charge on any atom is 0.411 e. The molecule has 4 aromatic rings. The third-order valence-corrected chi connectivity index (χ3v) is 7.70. The molecule has 0 spiro atoms. The minimum atomic E-state index is -0.833. The average Bonchev–Trinajstić information content (AvgIpc) is 3.03. The summed E-state index contributed by atoms with van der Waals surface area (Å²) in [4.78, 5) is 41.4. The molecule has 12 nitrogen and oxygen atoms in total. The summed E-state index contributed by atoms with van der Waals surface area (Å²) in [6, 6.07) is 15.1. The van der Waals surface area contributed by atoms with Gasteiger partial charge in [0.25, 0.3) is 5.97 Å². The van der Waals surface area contributed by atoms with Crippen molar-refractivity contribution in [1.29, 1.82) is 0 Å². The summed E-state index contributed by atoms with van der Waals surface area (Å²) < 4.78 is 26.5. The second-order valence-corrected chi connectivity index (χ2v) is 11.7. The van der Waals surface area contributed by atoms with Crippen LogP contribution in [0.4, 0.5) is 26.4 Å². The van der Waals surface area contributed by atoms with E-state index in [4.69, 9.17) is 25.1 Å². The van der Waals surface area contributed by atoms with Gasteiger partial charge in [0.05, 0.1) is 13.2 Å². The van der Waals surface area contributed by atoms with Gasteiger partial charge in [-0.2, -0.15) is 0 Å². The third-order valence-electron chi connectivity index (χ3n) is 7.70. The van der Waals surface area contributed by atoms with E-state index in [9.17, 15) is 14.7 Å². The van der Waals surface area contributed by atoms with Crippen molar-refractivity contribution in [3.8, 4) is 5.75 Å². The van der Waals surface area contributed by atoms with E-state index in [0.717, 1.165) is 40.5 Å². The molecule has 0 fully saturated rings. The zero-order valence-electron chi connectivity index (χ0n) is 27.4. The highest BCUT2D eigenvalue weighted by Gasteiger charge is 2.28. The molecule has 3 atom stereocenters. The minimum absolute atomic E-state index is 0.0555. The number of carbonyl (C=O) groups excluding carboxylic acids is 2. The summed E-state index contributed by atoms with van der Waals surface area (Å²) in [7, 11) is 1.61. The summed E-state index contributed by atoms with van der Waals surface area (Å²) in [5, 5.41) is 24.6. The number of carboxylic acids is 1. The monoisotopic (exact) mass is 661 g/mol. The van der Waals surface area contributed by atoms with Gasteiger partial charge in [-0.25, -0.2) is 14.2 Å². The Bertz CT molecular complexity index is 1810. The number of likely N-dealkylation sites (N-methyl/N-ethyl adjacent to an activating group) is 1. The second-order valence-electron chi connectivity index (χ2n) is 11.7. The number of halogens is 1. The number of aliphatic carboxylic acids is 1. The normalized spacial score (nSPS) is 17.1. The van der Waals surface area contributed by atoms with Gasteiger partial charge in [-0.3, -0.25) is 14.9 Å². The van der Waals surface area contributed by atoms with Crippen molar-refractivity contribution in [3.05, 3.63) is 88.9 Å². The molecular formula is C35H40FN5O7. The van der Waals surface area contributed by atoms with E-state index in [-0.39, 0.29) is 43.0 Å². The summed E-state index contributed by atoms with van der Waals surface area (Å²) in [6.07, 6.45) is 0.190. The van der Waals surface area contributed by atoms with E-state index >= 15 is 4.39 Å². The number of rotatable bonds is 5. The first-order chi connectivity index (χ1) is 22.8. The summed E-state index contributed by atoms with van der Waals surface area (Å²) in [5.74, 6) is -1.72. The molecule has 1 aromatic heterocycles. The SMILES string of the molecule is CC(=O)O.Cc1cc2ccc1[C@@H](C)COC(=O)Nc1cc(F)c(O[C@@H](C)CO)c(c1)CN(C)C(=O)[C@@H]2Nc1ccc2c(N)nccc2c1. The van der Waals surface area contributed by atoms with E-state index in [1.165, 1.54) is 11.0 Å². The molecule has 254 valence electrons. The quantitative estimate of drug-likeness (QED) is 0.181. The molecule has 4 bridgehead atoms. The molecule has 3 aromatic carbocycles. The van der Waals surface area contributed by atoms with Gasteiger partial charge < -0.3 is 35.6 Å². The van der Waals surface area contributed by atoms with Crippen molar-refractivity contribution < 1.29 is 38.5 Å². The highest BCUT2D eigenvalue weighted by atomic mass is 19.1. The van der Waals surface area contributed by atoms with Crippen LogP contribution in [-0.4, -0.2) is 64.4 Å². The van der Waals surface area contributed by atoms with Crippen molar-refractivity contribution in [1.82, 2.24) is 9.88 Å². The fourth-order valence-electron chi connectivity index (χ4n) is 5.39. The lowest BCUT2D eigenvalue weighted by Gasteiger charge is -2.28.